The topological polar surface area (TPSA) is 95.6 Å². The molecule has 1 N–H and O–H groups in total. The number of hydrogen-bond donors (Lipinski definition) is 1. The first-order chi connectivity index (χ1) is 13.2. The SMILES string of the molecule is COC[C@H](Nc1nc(-c2ccncc2)nc2c1cnn2C)c1ccnn1C. The summed E-state index contributed by atoms with van der Waals surface area (Å²) < 4.78 is 8.97. The summed E-state index contributed by atoms with van der Waals surface area (Å²) in [6, 6.07) is 5.61. The Kier molecular flexibility index (Phi) is 4.51. The van der Waals surface area contributed by atoms with Crippen molar-refractivity contribution in [3.8, 4) is 11.4 Å². The van der Waals surface area contributed by atoms with Crippen molar-refractivity contribution in [1.29, 1.82) is 0 Å². The predicted octanol–water partition coefficient (Wildman–Crippen LogP) is 1.96. The quantitative estimate of drug-likeness (QED) is 0.559. The summed E-state index contributed by atoms with van der Waals surface area (Å²) in [7, 11) is 5.44. The highest BCUT2D eigenvalue weighted by Gasteiger charge is 2.19. The van der Waals surface area contributed by atoms with Crippen LogP contribution in [0.1, 0.15) is 11.7 Å². The highest BCUT2D eigenvalue weighted by molar-refractivity contribution is 5.88. The van der Waals surface area contributed by atoms with Gasteiger partial charge in [0.2, 0.25) is 0 Å². The van der Waals surface area contributed by atoms with E-state index in [0.717, 1.165) is 22.3 Å². The first kappa shape index (κ1) is 17.1. The Hall–Kier alpha value is -3.33. The standard InChI is InChI=1S/C18H20N8O/c1-25-15(6-9-20-25)14(11-27-3)22-17-13-10-21-26(2)18(13)24-16(23-17)12-4-7-19-8-5-12/h4-10,14H,11H2,1-3H3,(H,22,23,24)/t14-/m0/s1. The first-order valence-corrected chi connectivity index (χ1v) is 8.51. The average molecular weight is 364 g/mol. The van der Waals surface area contributed by atoms with Gasteiger partial charge in [0.15, 0.2) is 11.5 Å². The van der Waals surface area contributed by atoms with Gasteiger partial charge in [-0.2, -0.15) is 10.2 Å². The summed E-state index contributed by atoms with van der Waals surface area (Å²) in [5.41, 5.74) is 2.64. The van der Waals surface area contributed by atoms with Crippen LogP contribution in [0.4, 0.5) is 5.82 Å². The van der Waals surface area contributed by atoms with Gasteiger partial charge in [0.25, 0.3) is 0 Å². The van der Waals surface area contributed by atoms with Gasteiger partial charge in [-0.1, -0.05) is 0 Å². The third kappa shape index (κ3) is 3.24. The van der Waals surface area contributed by atoms with E-state index in [9.17, 15) is 0 Å². The van der Waals surface area contributed by atoms with E-state index in [1.807, 2.05) is 37.0 Å². The molecule has 4 heterocycles. The molecule has 1 atom stereocenters. The van der Waals surface area contributed by atoms with Crippen molar-refractivity contribution < 1.29 is 4.74 Å². The largest absolute Gasteiger partial charge is 0.382 e. The normalized spacial score (nSPS) is 12.4. The molecule has 0 saturated heterocycles. The van der Waals surface area contributed by atoms with Gasteiger partial charge in [0.05, 0.1) is 29.9 Å². The maximum absolute atomic E-state index is 5.41. The fraction of sp³-hybridized carbons (Fsp3) is 0.278. The number of hydrogen-bond acceptors (Lipinski definition) is 7. The highest BCUT2D eigenvalue weighted by atomic mass is 16.5. The zero-order chi connectivity index (χ0) is 18.8. The van der Waals surface area contributed by atoms with Crippen molar-refractivity contribution in [3.63, 3.8) is 0 Å². The van der Waals surface area contributed by atoms with E-state index in [1.165, 1.54) is 0 Å². The number of methoxy groups -OCH3 is 1. The summed E-state index contributed by atoms with van der Waals surface area (Å²) in [6.07, 6.45) is 6.98. The molecule has 0 bridgehead atoms. The second-order valence-electron chi connectivity index (χ2n) is 6.17. The van der Waals surface area contributed by atoms with Crippen LogP contribution in [-0.2, 0) is 18.8 Å². The third-order valence-corrected chi connectivity index (χ3v) is 4.39. The van der Waals surface area contributed by atoms with Gasteiger partial charge in [0, 0.05) is 45.4 Å². The van der Waals surface area contributed by atoms with Crippen LogP contribution in [-0.4, -0.2) is 48.2 Å². The van der Waals surface area contributed by atoms with Crippen LogP contribution in [0.2, 0.25) is 0 Å². The minimum atomic E-state index is -0.119. The Morgan fingerprint density at radius 2 is 1.85 bits per heavy atom. The van der Waals surface area contributed by atoms with Crippen molar-refractivity contribution in [2.75, 3.05) is 19.0 Å². The number of ether oxygens (including phenoxy) is 1. The Labute approximate surface area is 156 Å². The number of rotatable bonds is 6. The van der Waals surface area contributed by atoms with Crippen molar-refractivity contribution in [2.24, 2.45) is 14.1 Å². The zero-order valence-corrected chi connectivity index (χ0v) is 15.4. The molecule has 0 aliphatic heterocycles. The van der Waals surface area contributed by atoms with Crippen LogP contribution in [0.5, 0.6) is 0 Å². The molecular weight excluding hydrogens is 344 g/mol. The number of nitrogens with one attached hydrogen (secondary N) is 1. The predicted molar refractivity (Wildman–Crippen MR) is 101 cm³/mol. The Balaban J connectivity index is 1.81. The van der Waals surface area contributed by atoms with E-state index < -0.39 is 0 Å². The monoisotopic (exact) mass is 364 g/mol. The molecule has 0 radical (unpaired) electrons. The molecule has 0 unspecified atom stereocenters. The number of aromatic nitrogens is 7. The fourth-order valence-corrected chi connectivity index (χ4v) is 3.02. The Morgan fingerprint density at radius 3 is 2.56 bits per heavy atom. The zero-order valence-electron chi connectivity index (χ0n) is 15.4. The lowest BCUT2D eigenvalue weighted by Gasteiger charge is -2.19. The maximum atomic E-state index is 5.41. The number of aryl methyl sites for hydroxylation is 2. The van der Waals surface area contributed by atoms with Crippen LogP contribution in [0.25, 0.3) is 22.4 Å². The van der Waals surface area contributed by atoms with E-state index in [0.29, 0.717) is 18.2 Å². The number of anilines is 1. The second kappa shape index (κ2) is 7.12. The molecule has 0 fully saturated rings. The van der Waals surface area contributed by atoms with E-state index in [2.05, 4.69) is 25.5 Å². The third-order valence-electron chi connectivity index (χ3n) is 4.39. The summed E-state index contributed by atoms with van der Waals surface area (Å²) in [6.45, 7) is 0.468. The molecule has 27 heavy (non-hydrogen) atoms. The molecule has 4 rings (SSSR count). The lowest BCUT2D eigenvalue weighted by atomic mass is 10.2. The number of fused-ring (bicyclic) bond motifs is 1. The minimum Gasteiger partial charge on any atom is -0.382 e. The van der Waals surface area contributed by atoms with E-state index >= 15 is 0 Å². The van der Waals surface area contributed by atoms with Crippen molar-refractivity contribution in [3.05, 3.63) is 48.7 Å². The molecule has 9 heteroatoms. The molecule has 0 aliphatic carbocycles. The molecule has 138 valence electrons. The molecular formula is C18H20N8O. The van der Waals surface area contributed by atoms with Gasteiger partial charge in [-0.3, -0.25) is 14.3 Å². The van der Waals surface area contributed by atoms with Gasteiger partial charge in [-0.15, -0.1) is 0 Å². The molecule has 4 aromatic rings. The van der Waals surface area contributed by atoms with Crippen LogP contribution >= 0.6 is 0 Å². The van der Waals surface area contributed by atoms with Crippen molar-refractivity contribution in [2.45, 2.75) is 6.04 Å². The van der Waals surface area contributed by atoms with E-state index in [-0.39, 0.29) is 6.04 Å². The van der Waals surface area contributed by atoms with Gasteiger partial charge in [0.1, 0.15) is 5.82 Å². The Morgan fingerprint density at radius 1 is 1.04 bits per heavy atom. The molecule has 9 nitrogen and oxygen atoms in total. The van der Waals surface area contributed by atoms with Crippen LogP contribution in [0.15, 0.2) is 43.0 Å². The minimum absolute atomic E-state index is 0.119. The Bertz CT molecular complexity index is 1060. The van der Waals surface area contributed by atoms with Crippen LogP contribution in [0.3, 0.4) is 0 Å². The van der Waals surface area contributed by atoms with Crippen molar-refractivity contribution in [1.82, 2.24) is 34.5 Å². The van der Waals surface area contributed by atoms with Crippen LogP contribution < -0.4 is 5.32 Å². The fourth-order valence-electron chi connectivity index (χ4n) is 3.02. The summed E-state index contributed by atoms with van der Waals surface area (Å²) >= 11 is 0. The maximum Gasteiger partial charge on any atom is 0.164 e. The van der Waals surface area contributed by atoms with Gasteiger partial charge in [-0.05, 0) is 18.2 Å². The second-order valence-corrected chi connectivity index (χ2v) is 6.17. The lowest BCUT2D eigenvalue weighted by Crippen LogP contribution is -2.20. The molecule has 0 aliphatic rings. The van der Waals surface area contributed by atoms with Gasteiger partial charge < -0.3 is 10.1 Å². The summed E-state index contributed by atoms with van der Waals surface area (Å²) in [5.74, 6) is 1.31. The molecule has 0 amide bonds. The van der Waals surface area contributed by atoms with E-state index in [1.54, 1.807) is 36.6 Å². The van der Waals surface area contributed by atoms with E-state index in [4.69, 9.17) is 9.72 Å². The van der Waals surface area contributed by atoms with Gasteiger partial charge in [-0.25, -0.2) is 9.97 Å². The summed E-state index contributed by atoms with van der Waals surface area (Å²) in [4.78, 5) is 13.5. The summed E-state index contributed by atoms with van der Waals surface area (Å²) in [5, 5.41) is 12.9. The molecule has 0 saturated carbocycles. The van der Waals surface area contributed by atoms with Crippen molar-refractivity contribution >= 4 is 16.9 Å². The molecule has 0 aromatic carbocycles. The smallest absolute Gasteiger partial charge is 0.164 e. The molecule has 0 spiro atoms. The molecule has 4 aromatic heterocycles. The van der Waals surface area contributed by atoms with Gasteiger partial charge >= 0.3 is 0 Å². The number of pyridine rings is 1. The lowest BCUT2D eigenvalue weighted by molar-refractivity contribution is 0.184. The highest BCUT2D eigenvalue weighted by Crippen LogP contribution is 2.27. The number of nitrogens with zero attached hydrogens (tertiary/aromatic N) is 7. The van der Waals surface area contributed by atoms with Crippen LogP contribution in [0, 0.1) is 0 Å². The average Bonchev–Trinajstić information content (AvgIpc) is 3.28. The first-order valence-electron chi connectivity index (χ1n) is 8.51.